The predicted octanol–water partition coefficient (Wildman–Crippen LogP) is 1.97. The van der Waals surface area contributed by atoms with Gasteiger partial charge in [0, 0.05) is 30.5 Å². The maximum absolute atomic E-state index is 11.5. The molecule has 0 aromatic carbocycles. The molecule has 5 nitrogen and oxygen atoms in total. The van der Waals surface area contributed by atoms with Crippen molar-refractivity contribution >= 4 is 23.7 Å². The Hall–Kier alpha value is -0.910. The van der Waals surface area contributed by atoms with Gasteiger partial charge in [0.05, 0.1) is 0 Å². The largest absolute Gasteiger partial charge is 0.369 e. The Bertz CT molecular complexity index is 288. The van der Waals surface area contributed by atoms with E-state index in [4.69, 9.17) is 5.73 Å². The molecule has 0 spiro atoms. The maximum atomic E-state index is 11.5. The lowest BCUT2D eigenvalue weighted by molar-refractivity contribution is -0.120. The summed E-state index contributed by atoms with van der Waals surface area (Å²) in [6, 6.07) is -0.113. The van der Waals surface area contributed by atoms with Crippen LogP contribution < -0.4 is 16.4 Å². The van der Waals surface area contributed by atoms with E-state index in [2.05, 4.69) is 24.5 Å². The fourth-order valence-corrected chi connectivity index (χ4v) is 2.43. The minimum absolute atomic E-state index is 0.113. The molecule has 20 heavy (non-hydrogen) atoms. The van der Waals surface area contributed by atoms with Crippen molar-refractivity contribution in [2.24, 2.45) is 17.6 Å². The molecule has 0 saturated carbocycles. The fraction of sp³-hybridized carbons (Fsp3) is 0.857. The van der Waals surface area contributed by atoms with Crippen LogP contribution in [0, 0.1) is 11.8 Å². The molecular formula is C14H29N3O2S. The van der Waals surface area contributed by atoms with Gasteiger partial charge in [-0.25, -0.2) is 4.79 Å². The van der Waals surface area contributed by atoms with Crippen LogP contribution >= 0.6 is 11.8 Å². The summed E-state index contributed by atoms with van der Waals surface area (Å²) < 4.78 is 0. The number of nitrogens with one attached hydrogen (secondary N) is 2. The molecule has 4 N–H and O–H groups in total. The van der Waals surface area contributed by atoms with E-state index in [0.29, 0.717) is 12.3 Å². The van der Waals surface area contributed by atoms with E-state index in [0.717, 1.165) is 31.1 Å². The van der Waals surface area contributed by atoms with Gasteiger partial charge in [-0.05, 0) is 18.8 Å². The third-order valence-electron chi connectivity index (χ3n) is 3.24. The van der Waals surface area contributed by atoms with Crippen molar-refractivity contribution in [3.8, 4) is 0 Å². The van der Waals surface area contributed by atoms with E-state index in [9.17, 15) is 9.59 Å². The van der Waals surface area contributed by atoms with Crippen LogP contribution in [0.2, 0.25) is 0 Å². The monoisotopic (exact) mass is 303 g/mol. The predicted molar refractivity (Wildman–Crippen MR) is 85.8 cm³/mol. The topological polar surface area (TPSA) is 84.2 Å². The molecule has 0 aliphatic rings. The van der Waals surface area contributed by atoms with Crippen molar-refractivity contribution in [1.82, 2.24) is 10.6 Å². The molecule has 0 aliphatic heterocycles. The summed E-state index contributed by atoms with van der Waals surface area (Å²) in [5.74, 6) is 1.83. The van der Waals surface area contributed by atoms with Gasteiger partial charge in [-0.15, -0.1) is 0 Å². The highest BCUT2D eigenvalue weighted by Gasteiger charge is 2.08. The molecule has 0 saturated heterocycles. The van der Waals surface area contributed by atoms with Crippen molar-refractivity contribution in [2.45, 2.75) is 40.0 Å². The first-order valence-electron chi connectivity index (χ1n) is 7.36. The third-order valence-corrected chi connectivity index (χ3v) is 4.47. The van der Waals surface area contributed by atoms with E-state index in [-0.39, 0.29) is 17.9 Å². The van der Waals surface area contributed by atoms with Crippen LogP contribution in [0.15, 0.2) is 0 Å². The van der Waals surface area contributed by atoms with Crippen LogP contribution in [0.3, 0.4) is 0 Å². The van der Waals surface area contributed by atoms with Crippen LogP contribution in [0.25, 0.3) is 0 Å². The molecule has 0 bridgehead atoms. The molecule has 0 aliphatic carbocycles. The highest BCUT2D eigenvalue weighted by molar-refractivity contribution is 7.99. The molecule has 0 aromatic heterocycles. The first-order chi connectivity index (χ1) is 9.47. The first-order valence-corrected chi connectivity index (χ1v) is 8.51. The van der Waals surface area contributed by atoms with E-state index < -0.39 is 0 Å². The molecule has 0 rings (SSSR count). The fourth-order valence-electron chi connectivity index (χ4n) is 1.50. The third kappa shape index (κ3) is 11.0. The quantitative estimate of drug-likeness (QED) is 0.510. The Labute approximate surface area is 126 Å². The smallest absolute Gasteiger partial charge is 0.314 e. The summed E-state index contributed by atoms with van der Waals surface area (Å²) in [6.07, 6.45) is 3.36. The van der Waals surface area contributed by atoms with Gasteiger partial charge in [-0.3, -0.25) is 4.79 Å². The molecule has 2 atom stereocenters. The number of hydrogen-bond donors (Lipinski definition) is 3. The Morgan fingerprint density at radius 1 is 1.20 bits per heavy atom. The second-order valence-electron chi connectivity index (χ2n) is 5.22. The SMILES string of the molecule is CCC(C)CCCNC(=O)NCCSCC(C)C(N)=O. The standard InChI is InChI=1S/C14H29N3O2S/c1-4-11(2)6-5-7-16-14(19)17-8-9-20-10-12(3)13(15)18/h11-12H,4-10H2,1-3H3,(H2,15,18)(H2,16,17,19). The number of thioether (sulfide) groups is 1. The zero-order valence-corrected chi connectivity index (χ0v) is 13.7. The first kappa shape index (κ1) is 19.1. The second-order valence-corrected chi connectivity index (χ2v) is 6.37. The van der Waals surface area contributed by atoms with E-state index >= 15 is 0 Å². The molecule has 0 radical (unpaired) electrons. The zero-order valence-electron chi connectivity index (χ0n) is 12.9. The Morgan fingerprint density at radius 2 is 1.85 bits per heavy atom. The number of carbonyl (C=O) groups is 2. The number of rotatable bonds is 11. The van der Waals surface area contributed by atoms with Gasteiger partial charge in [0.2, 0.25) is 5.91 Å². The minimum atomic E-state index is -0.274. The lowest BCUT2D eigenvalue weighted by atomic mass is 10.0. The molecule has 118 valence electrons. The van der Waals surface area contributed by atoms with Crippen molar-refractivity contribution in [2.75, 3.05) is 24.6 Å². The molecule has 3 amide bonds. The number of amides is 3. The normalized spacial score (nSPS) is 13.6. The van der Waals surface area contributed by atoms with Gasteiger partial charge >= 0.3 is 6.03 Å². The molecule has 0 heterocycles. The Balaban J connectivity index is 3.39. The highest BCUT2D eigenvalue weighted by atomic mass is 32.2. The Kier molecular flexibility index (Phi) is 11.3. The maximum Gasteiger partial charge on any atom is 0.314 e. The molecule has 0 fully saturated rings. The van der Waals surface area contributed by atoms with Crippen LogP contribution in [0.4, 0.5) is 4.79 Å². The van der Waals surface area contributed by atoms with Crippen LogP contribution in [0.5, 0.6) is 0 Å². The lowest BCUT2D eigenvalue weighted by Gasteiger charge is -2.10. The summed E-state index contributed by atoms with van der Waals surface area (Å²) in [5, 5.41) is 5.65. The van der Waals surface area contributed by atoms with E-state index in [1.807, 2.05) is 6.92 Å². The van der Waals surface area contributed by atoms with E-state index in [1.54, 1.807) is 11.8 Å². The summed E-state index contributed by atoms with van der Waals surface area (Å²) in [5.41, 5.74) is 5.17. The number of urea groups is 1. The Morgan fingerprint density at radius 3 is 2.45 bits per heavy atom. The number of primary amides is 1. The number of nitrogens with two attached hydrogens (primary N) is 1. The van der Waals surface area contributed by atoms with Crippen LogP contribution in [0.1, 0.15) is 40.0 Å². The van der Waals surface area contributed by atoms with Crippen molar-refractivity contribution in [1.29, 1.82) is 0 Å². The van der Waals surface area contributed by atoms with Gasteiger partial charge in [-0.2, -0.15) is 11.8 Å². The minimum Gasteiger partial charge on any atom is -0.369 e. The summed E-state index contributed by atoms with van der Waals surface area (Å²) >= 11 is 1.62. The van der Waals surface area contributed by atoms with Crippen molar-refractivity contribution in [3.05, 3.63) is 0 Å². The number of hydrogen-bond acceptors (Lipinski definition) is 3. The summed E-state index contributed by atoms with van der Waals surface area (Å²) in [7, 11) is 0. The van der Waals surface area contributed by atoms with Crippen molar-refractivity contribution in [3.63, 3.8) is 0 Å². The molecule has 2 unspecified atom stereocenters. The molecule has 6 heteroatoms. The average molecular weight is 303 g/mol. The lowest BCUT2D eigenvalue weighted by Crippen LogP contribution is -2.37. The van der Waals surface area contributed by atoms with Crippen LogP contribution in [-0.2, 0) is 4.79 Å². The van der Waals surface area contributed by atoms with Gasteiger partial charge in [0.25, 0.3) is 0 Å². The van der Waals surface area contributed by atoms with Gasteiger partial charge in [0.1, 0.15) is 0 Å². The van der Waals surface area contributed by atoms with Gasteiger partial charge in [-0.1, -0.05) is 27.2 Å². The summed E-state index contributed by atoms with van der Waals surface area (Å²) in [4.78, 5) is 22.3. The average Bonchev–Trinajstić information content (AvgIpc) is 2.42. The van der Waals surface area contributed by atoms with Crippen LogP contribution in [-0.4, -0.2) is 36.5 Å². The summed E-state index contributed by atoms with van der Waals surface area (Å²) in [6.45, 7) is 7.55. The van der Waals surface area contributed by atoms with Gasteiger partial charge < -0.3 is 16.4 Å². The number of carbonyl (C=O) groups excluding carboxylic acids is 2. The highest BCUT2D eigenvalue weighted by Crippen LogP contribution is 2.08. The van der Waals surface area contributed by atoms with Crippen molar-refractivity contribution < 1.29 is 9.59 Å². The zero-order chi connectivity index (χ0) is 15.4. The van der Waals surface area contributed by atoms with Gasteiger partial charge in [0.15, 0.2) is 0 Å². The van der Waals surface area contributed by atoms with E-state index in [1.165, 1.54) is 6.42 Å². The molecular weight excluding hydrogens is 274 g/mol. The second kappa shape index (κ2) is 11.9. The molecule has 0 aromatic rings.